The molecular weight excluding hydrogens is 244 g/mol. The summed E-state index contributed by atoms with van der Waals surface area (Å²) in [5, 5.41) is 5.43. The van der Waals surface area contributed by atoms with Gasteiger partial charge >= 0.3 is 0 Å². The Balaban J connectivity index is 1.51. The summed E-state index contributed by atoms with van der Waals surface area (Å²) in [6.45, 7) is 2.60. The topological polar surface area (TPSA) is 6.48 Å². The van der Waals surface area contributed by atoms with Gasteiger partial charge in [0.2, 0.25) is 0 Å². The summed E-state index contributed by atoms with van der Waals surface area (Å²) in [5.41, 5.74) is 1.78. The minimum Gasteiger partial charge on any atom is -0.313 e. The van der Waals surface area contributed by atoms with Crippen molar-refractivity contribution in [2.24, 2.45) is 11.8 Å². The van der Waals surface area contributed by atoms with Crippen LogP contribution >= 0.6 is 0 Å². The van der Waals surface area contributed by atoms with Crippen LogP contribution in [0.3, 0.4) is 0 Å². The number of nitrogens with zero attached hydrogens (tertiary/aromatic N) is 2. The summed E-state index contributed by atoms with van der Waals surface area (Å²) in [5.74, 6) is 1.94. The molecule has 2 heterocycles. The van der Waals surface area contributed by atoms with E-state index in [4.69, 9.17) is 0 Å². The maximum atomic E-state index is 2.78. The van der Waals surface area contributed by atoms with Gasteiger partial charge in [0, 0.05) is 25.3 Å². The van der Waals surface area contributed by atoms with E-state index in [9.17, 15) is 0 Å². The second-order valence-corrected chi connectivity index (χ2v) is 7.52. The quantitative estimate of drug-likeness (QED) is 0.702. The van der Waals surface area contributed by atoms with Crippen LogP contribution in [-0.4, -0.2) is 29.1 Å². The van der Waals surface area contributed by atoms with Crippen molar-refractivity contribution < 1.29 is 0 Å². The number of hydrogen-bond acceptors (Lipinski definition) is 2. The zero-order chi connectivity index (χ0) is 13.4. The molecule has 2 saturated carbocycles. The van der Waals surface area contributed by atoms with Crippen LogP contribution in [0.2, 0.25) is 0 Å². The van der Waals surface area contributed by atoms with Gasteiger partial charge in [-0.15, -0.1) is 0 Å². The van der Waals surface area contributed by atoms with Crippen molar-refractivity contribution in [3.8, 4) is 0 Å². The number of rotatable bonds is 1. The molecule has 0 amide bonds. The Kier molecular flexibility index (Phi) is 3.76. The maximum Gasteiger partial charge on any atom is 0.0346 e. The molecule has 0 N–H and O–H groups in total. The lowest BCUT2D eigenvalue weighted by atomic mass is 9.78. The molecule has 4 rings (SSSR count). The van der Waals surface area contributed by atoms with Crippen LogP contribution in [0, 0.1) is 11.8 Å². The van der Waals surface area contributed by atoms with Gasteiger partial charge in [-0.25, -0.2) is 5.01 Å². The molecule has 0 bridgehead atoms. The normalized spacial score (nSPS) is 38.9. The first-order valence-corrected chi connectivity index (χ1v) is 9.15. The minimum absolute atomic E-state index is 0.870. The van der Waals surface area contributed by atoms with Gasteiger partial charge in [-0.3, -0.25) is 0 Å². The lowest BCUT2D eigenvalue weighted by Crippen LogP contribution is -2.54. The van der Waals surface area contributed by atoms with Crippen molar-refractivity contribution in [2.75, 3.05) is 13.1 Å². The van der Waals surface area contributed by atoms with Crippen molar-refractivity contribution >= 4 is 0 Å². The van der Waals surface area contributed by atoms with Gasteiger partial charge in [-0.05, 0) is 68.8 Å². The van der Waals surface area contributed by atoms with Gasteiger partial charge in [0.05, 0.1) is 0 Å². The smallest absolute Gasteiger partial charge is 0.0346 e. The summed E-state index contributed by atoms with van der Waals surface area (Å²) in [6.07, 6.45) is 18.5. The van der Waals surface area contributed by atoms with Gasteiger partial charge in [0.25, 0.3) is 0 Å². The molecule has 3 fully saturated rings. The van der Waals surface area contributed by atoms with Gasteiger partial charge in [-0.1, -0.05) is 19.3 Å². The van der Waals surface area contributed by atoms with Crippen molar-refractivity contribution in [1.29, 1.82) is 0 Å². The lowest BCUT2D eigenvalue weighted by Gasteiger charge is -2.50. The third-order valence-electron chi connectivity index (χ3n) is 6.36. The van der Waals surface area contributed by atoms with Gasteiger partial charge in [-0.2, -0.15) is 0 Å². The van der Waals surface area contributed by atoms with Crippen molar-refractivity contribution in [3.05, 3.63) is 11.8 Å². The lowest BCUT2D eigenvalue weighted by molar-refractivity contribution is -0.0854. The molecule has 1 saturated heterocycles. The SMILES string of the molecule is C1=C2CCCCC2CCN1N1CCCC2CCCCC21. The predicted octanol–water partition coefficient (Wildman–Crippen LogP) is 4.34. The molecule has 2 aliphatic heterocycles. The molecule has 20 heavy (non-hydrogen) atoms. The van der Waals surface area contributed by atoms with Gasteiger partial charge in [0.15, 0.2) is 0 Å². The monoisotopic (exact) mass is 274 g/mol. The number of hydrazine groups is 1. The average molecular weight is 274 g/mol. The van der Waals surface area contributed by atoms with E-state index in [-0.39, 0.29) is 0 Å². The number of piperidine rings is 1. The van der Waals surface area contributed by atoms with Crippen molar-refractivity contribution in [3.63, 3.8) is 0 Å². The van der Waals surface area contributed by atoms with E-state index >= 15 is 0 Å². The van der Waals surface area contributed by atoms with Crippen LogP contribution in [0.15, 0.2) is 11.8 Å². The summed E-state index contributed by atoms with van der Waals surface area (Å²) < 4.78 is 0. The Hall–Kier alpha value is -0.500. The van der Waals surface area contributed by atoms with Crippen LogP contribution < -0.4 is 0 Å². The maximum absolute atomic E-state index is 2.78. The molecule has 0 radical (unpaired) electrons. The third kappa shape index (κ3) is 2.41. The second kappa shape index (κ2) is 5.71. The Labute approximate surface area is 124 Å². The highest BCUT2D eigenvalue weighted by Crippen LogP contribution is 2.39. The number of allylic oxidation sites excluding steroid dienone is 1. The zero-order valence-corrected chi connectivity index (χ0v) is 12.9. The molecule has 3 atom stereocenters. The largest absolute Gasteiger partial charge is 0.313 e. The van der Waals surface area contributed by atoms with Gasteiger partial charge in [0.1, 0.15) is 0 Å². The highest BCUT2D eigenvalue weighted by atomic mass is 15.6. The predicted molar refractivity (Wildman–Crippen MR) is 83.1 cm³/mol. The highest BCUT2D eigenvalue weighted by molar-refractivity contribution is 5.12. The Morgan fingerprint density at radius 2 is 1.65 bits per heavy atom. The first kappa shape index (κ1) is 13.2. The molecule has 2 aliphatic carbocycles. The van der Waals surface area contributed by atoms with E-state index in [1.54, 1.807) is 5.57 Å². The molecule has 2 nitrogen and oxygen atoms in total. The van der Waals surface area contributed by atoms with Crippen molar-refractivity contribution in [2.45, 2.75) is 76.7 Å². The third-order valence-corrected chi connectivity index (χ3v) is 6.36. The fourth-order valence-electron chi connectivity index (χ4n) is 5.27. The standard InChI is InChI=1S/C18H30N2/c1-2-8-17-14-19(13-11-15(17)6-1)20-12-5-9-16-7-3-4-10-18(16)20/h14-16,18H,1-13H2. The highest BCUT2D eigenvalue weighted by Gasteiger charge is 2.36. The van der Waals surface area contributed by atoms with E-state index in [0.29, 0.717) is 0 Å². The second-order valence-electron chi connectivity index (χ2n) is 7.52. The summed E-state index contributed by atoms with van der Waals surface area (Å²) in [7, 11) is 0. The summed E-state index contributed by atoms with van der Waals surface area (Å²) in [6, 6.07) is 0.870. The van der Waals surface area contributed by atoms with E-state index in [2.05, 4.69) is 16.2 Å². The van der Waals surface area contributed by atoms with E-state index in [0.717, 1.165) is 17.9 Å². The van der Waals surface area contributed by atoms with Crippen LogP contribution in [-0.2, 0) is 0 Å². The molecule has 0 aromatic rings. The fourth-order valence-corrected chi connectivity index (χ4v) is 5.27. The molecular formula is C18H30N2. The van der Waals surface area contributed by atoms with E-state index < -0.39 is 0 Å². The molecule has 112 valence electrons. The van der Waals surface area contributed by atoms with E-state index in [1.165, 1.54) is 83.7 Å². The first-order chi connectivity index (χ1) is 9.92. The Morgan fingerprint density at radius 1 is 0.800 bits per heavy atom. The average Bonchev–Trinajstić information content (AvgIpc) is 2.54. The van der Waals surface area contributed by atoms with Crippen molar-refractivity contribution in [1.82, 2.24) is 10.0 Å². The molecule has 0 aromatic heterocycles. The van der Waals surface area contributed by atoms with E-state index in [1.807, 2.05) is 0 Å². The number of hydrogen-bond donors (Lipinski definition) is 0. The zero-order valence-electron chi connectivity index (χ0n) is 12.9. The summed E-state index contributed by atoms with van der Waals surface area (Å²) >= 11 is 0. The molecule has 3 unspecified atom stereocenters. The number of fused-ring (bicyclic) bond motifs is 2. The minimum atomic E-state index is 0.870. The molecule has 0 aromatic carbocycles. The Morgan fingerprint density at radius 3 is 2.65 bits per heavy atom. The van der Waals surface area contributed by atoms with Crippen LogP contribution in [0.4, 0.5) is 0 Å². The molecule has 2 heteroatoms. The van der Waals surface area contributed by atoms with Crippen LogP contribution in [0.5, 0.6) is 0 Å². The molecule has 4 aliphatic rings. The molecule has 0 spiro atoms. The fraction of sp³-hybridized carbons (Fsp3) is 0.889. The Bertz CT molecular complexity index is 374. The van der Waals surface area contributed by atoms with Crippen LogP contribution in [0.25, 0.3) is 0 Å². The first-order valence-electron chi connectivity index (χ1n) is 9.15. The van der Waals surface area contributed by atoms with Gasteiger partial charge < -0.3 is 5.01 Å². The summed E-state index contributed by atoms with van der Waals surface area (Å²) in [4.78, 5) is 0. The van der Waals surface area contributed by atoms with Crippen LogP contribution in [0.1, 0.15) is 70.6 Å².